The van der Waals surface area contributed by atoms with Gasteiger partial charge >= 0.3 is 0 Å². The minimum Gasteiger partial charge on any atom is -0.383 e. The van der Waals surface area contributed by atoms with Gasteiger partial charge in [-0.05, 0) is 32.5 Å². The molecule has 8 nitrogen and oxygen atoms in total. The Morgan fingerprint density at radius 2 is 1.85 bits per heavy atom. The van der Waals surface area contributed by atoms with Crippen LogP contribution in [0.15, 0.2) is 29.1 Å². The van der Waals surface area contributed by atoms with E-state index in [0.717, 1.165) is 48.4 Å². The van der Waals surface area contributed by atoms with Crippen molar-refractivity contribution in [1.29, 1.82) is 0 Å². The summed E-state index contributed by atoms with van der Waals surface area (Å²) in [4.78, 5) is 14.0. The summed E-state index contributed by atoms with van der Waals surface area (Å²) < 4.78 is 25.9. The Balaban J connectivity index is 0.000000431. The number of benzene rings is 1. The number of aromatic nitrogens is 2. The number of hydrogen-bond acceptors (Lipinski definition) is 6. The molecule has 0 saturated carbocycles. The molecule has 2 aromatic rings. The molecule has 0 aliphatic carbocycles. The summed E-state index contributed by atoms with van der Waals surface area (Å²) in [6.07, 6.45) is 2.51. The van der Waals surface area contributed by atoms with Crippen molar-refractivity contribution in [1.82, 2.24) is 15.1 Å². The Morgan fingerprint density at radius 1 is 1.23 bits per heavy atom. The maximum absolute atomic E-state index is 11.9. The Hall–Kier alpha value is -2.23. The average molecular weight is 380 g/mol. The zero-order valence-corrected chi connectivity index (χ0v) is 15.9. The Bertz CT molecular complexity index is 897. The second kappa shape index (κ2) is 8.43. The van der Waals surface area contributed by atoms with Crippen LogP contribution in [0.25, 0.3) is 11.3 Å². The van der Waals surface area contributed by atoms with Crippen molar-refractivity contribution in [2.75, 3.05) is 32.2 Å². The van der Waals surface area contributed by atoms with Gasteiger partial charge in [0.15, 0.2) is 0 Å². The molecule has 0 amide bonds. The van der Waals surface area contributed by atoms with E-state index < -0.39 is 10.1 Å². The summed E-state index contributed by atoms with van der Waals surface area (Å²) in [5.41, 5.74) is 4.76. The fourth-order valence-electron chi connectivity index (χ4n) is 2.74. The van der Waals surface area contributed by atoms with Crippen LogP contribution < -0.4 is 10.9 Å². The SMILES string of the molecule is CN(C)Cc1ccc(-c2n[nH]c(=O)c3c2NCCC3)cc1.CS(=O)(=O)O. The molecule has 3 N–H and O–H groups in total. The van der Waals surface area contributed by atoms with Crippen molar-refractivity contribution in [3.05, 3.63) is 45.7 Å². The largest absolute Gasteiger partial charge is 0.383 e. The lowest BCUT2D eigenvalue weighted by molar-refractivity contribution is 0.402. The van der Waals surface area contributed by atoms with Gasteiger partial charge in [0.05, 0.1) is 11.9 Å². The zero-order valence-electron chi connectivity index (χ0n) is 15.1. The minimum absolute atomic E-state index is 0.0785. The third-order valence-corrected chi connectivity index (χ3v) is 3.71. The van der Waals surface area contributed by atoms with Crippen molar-refractivity contribution in [3.8, 4) is 11.3 Å². The number of aromatic amines is 1. The van der Waals surface area contributed by atoms with Crippen LogP contribution in [0, 0.1) is 0 Å². The smallest absolute Gasteiger partial charge is 0.269 e. The second-order valence-electron chi connectivity index (χ2n) is 6.45. The lowest BCUT2D eigenvalue weighted by atomic mass is 10.0. The molecule has 0 atom stereocenters. The van der Waals surface area contributed by atoms with E-state index in [1.807, 2.05) is 0 Å². The molecule has 9 heteroatoms. The Kier molecular flexibility index (Phi) is 6.52. The molecule has 0 saturated heterocycles. The molecule has 1 aromatic heterocycles. The number of nitrogens with one attached hydrogen (secondary N) is 2. The molecule has 3 rings (SSSR count). The molecule has 0 fully saturated rings. The number of anilines is 1. The van der Waals surface area contributed by atoms with E-state index in [4.69, 9.17) is 4.55 Å². The van der Waals surface area contributed by atoms with E-state index in [2.05, 4.69) is 58.8 Å². The van der Waals surface area contributed by atoms with Gasteiger partial charge in [-0.25, -0.2) is 5.10 Å². The van der Waals surface area contributed by atoms with Crippen molar-refractivity contribution >= 4 is 15.8 Å². The van der Waals surface area contributed by atoms with Crippen LogP contribution >= 0.6 is 0 Å². The molecule has 1 aliphatic heterocycles. The normalized spacial score (nSPS) is 13.4. The van der Waals surface area contributed by atoms with E-state index in [-0.39, 0.29) is 5.56 Å². The summed E-state index contributed by atoms with van der Waals surface area (Å²) in [5.74, 6) is 0. The fourth-order valence-corrected chi connectivity index (χ4v) is 2.74. The summed E-state index contributed by atoms with van der Waals surface area (Å²) in [7, 11) is 0.440. The van der Waals surface area contributed by atoms with Crippen LogP contribution in [0.1, 0.15) is 17.5 Å². The van der Waals surface area contributed by atoms with Crippen molar-refractivity contribution in [3.63, 3.8) is 0 Å². The Morgan fingerprint density at radius 3 is 2.42 bits per heavy atom. The number of H-pyrrole nitrogens is 1. The molecule has 2 heterocycles. The van der Waals surface area contributed by atoms with E-state index >= 15 is 0 Å². The van der Waals surface area contributed by atoms with Gasteiger partial charge in [0.2, 0.25) is 0 Å². The third kappa shape index (κ3) is 5.94. The van der Waals surface area contributed by atoms with Crippen LogP contribution in [0.3, 0.4) is 0 Å². The van der Waals surface area contributed by atoms with Gasteiger partial charge in [-0.1, -0.05) is 24.3 Å². The maximum Gasteiger partial charge on any atom is 0.269 e. The highest BCUT2D eigenvalue weighted by atomic mass is 32.2. The van der Waals surface area contributed by atoms with E-state index in [9.17, 15) is 13.2 Å². The van der Waals surface area contributed by atoms with Crippen molar-refractivity contribution in [2.24, 2.45) is 0 Å². The molecular weight excluding hydrogens is 356 g/mol. The van der Waals surface area contributed by atoms with Crippen molar-refractivity contribution in [2.45, 2.75) is 19.4 Å². The number of fused-ring (bicyclic) bond motifs is 1. The molecule has 0 radical (unpaired) electrons. The van der Waals surface area contributed by atoms with Gasteiger partial charge in [0.25, 0.3) is 15.7 Å². The summed E-state index contributed by atoms with van der Waals surface area (Å²) in [6, 6.07) is 8.35. The molecule has 1 aliphatic rings. The van der Waals surface area contributed by atoms with Crippen LogP contribution in [0.4, 0.5) is 5.69 Å². The van der Waals surface area contributed by atoms with Gasteiger partial charge in [0.1, 0.15) is 5.69 Å². The van der Waals surface area contributed by atoms with Crippen LogP contribution in [0.5, 0.6) is 0 Å². The number of rotatable bonds is 3. The highest BCUT2D eigenvalue weighted by Gasteiger charge is 2.18. The van der Waals surface area contributed by atoms with Gasteiger partial charge in [-0.3, -0.25) is 9.35 Å². The summed E-state index contributed by atoms with van der Waals surface area (Å²) in [6.45, 7) is 1.81. The standard InChI is InChI=1S/C16H20N4O.CH4O3S/c1-20(2)10-11-5-7-12(8-6-11)14-15-13(4-3-9-17-15)16(21)19-18-14;1-5(2,3)4/h5-8,17H,3-4,9-10H2,1-2H3,(H,19,21);1H3,(H,2,3,4). The quantitative estimate of drug-likeness (QED) is 0.689. The van der Waals surface area contributed by atoms with Crippen LogP contribution in [-0.2, 0) is 23.1 Å². The first-order chi connectivity index (χ1) is 12.1. The average Bonchev–Trinajstić information content (AvgIpc) is 2.54. The highest BCUT2D eigenvalue weighted by Crippen LogP contribution is 2.29. The Labute approximate surface area is 153 Å². The summed E-state index contributed by atoms with van der Waals surface area (Å²) in [5, 5.41) is 10.2. The number of nitrogens with zero attached hydrogens (tertiary/aromatic N) is 2. The molecule has 0 spiro atoms. The minimum atomic E-state index is -3.67. The molecule has 26 heavy (non-hydrogen) atoms. The predicted octanol–water partition coefficient (Wildman–Crippen LogP) is 1.36. The van der Waals surface area contributed by atoms with Gasteiger partial charge in [0, 0.05) is 24.2 Å². The zero-order chi connectivity index (χ0) is 19.3. The molecule has 1 aromatic carbocycles. The van der Waals surface area contributed by atoms with Gasteiger partial charge in [-0.2, -0.15) is 13.5 Å². The topological polar surface area (TPSA) is 115 Å². The predicted molar refractivity (Wildman–Crippen MR) is 102 cm³/mol. The van der Waals surface area contributed by atoms with E-state index in [1.165, 1.54) is 5.56 Å². The first-order valence-corrected chi connectivity index (χ1v) is 10.0. The molecular formula is C17H24N4O4S. The lowest BCUT2D eigenvalue weighted by Crippen LogP contribution is -2.24. The van der Waals surface area contributed by atoms with Gasteiger partial charge < -0.3 is 10.2 Å². The van der Waals surface area contributed by atoms with Crippen LogP contribution in [0.2, 0.25) is 0 Å². The van der Waals surface area contributed by atoms with E-state index in [1.54, 1.807) is 0 Å². The van der Waals surface area contributed by atoms with Crippen molar-refractivity contribution < 1.29 is 13.0 Å². The summed E-state index contributed by atoms with van der Waals surface area (Å²) >= 11 is 0. The first-order valence-electron chi connectivity index (χ1n) is 8.17. The monoisotopic (exact) mass is 380 g/mol. The van der Waals surface area contributed by atoms with Crippen LogP contribution in [-0.4, -0.2) is 55.0 Å². The molecule has 0 bridgehead atoms. The fraction of sp³-hybridized carbons (Fsp3) is 0.412. The molecule has 142 valence electrons. The third-order valence-electron chi connectivity index (χ3n) is 3.71. The second-order valence-corrected chi connectivity index (χ2v) is 7.92. The maximum atomic E-state index is 11.9. The molecule has 0 unspecified atom stereocenters. The van der Waals surface area contributed by atoms with Gasteiger partial charge in [-0.15, -0.1) is 0 Å². The highest BCUT2D eigenvalue weighted by molar-refractivity contribution is 7.85. The number of hydrogen-bond donors (Lipinski definition) is 3. The lowest BCUT2D eigenvalue weighted by Gasteiger charge is -2.19. The van der Waals surface area contributed by atoms with E-state index in [0.29, 0.717) is 6.26 Å². The first kappa shape index (κ1) is 20.1.